The Kier molecular flexibility index (Phi) is 12.4. The minimum absolute atomic E-state index is 0.178. The van der Waals surface area contributed by atoms with Crippen LogP contribution in [0.5, 0.6) is 23.0 Å². The van der Waals surface area contributed by atoms with Crippen molar-refractivity contribution < 1.29 is 28.9 Å². The van der Waals surface area contributed by atoms with Crippen LogP contribution in [-0.4, -0.2) is 17.7 Å². The first kappa shape index (κ1) is 40.6. The molecule has 0 aliphatic carbocycles. The van der Waals surface area contributed by atoms with Crippen LogP contribution in [0.25, 0.3) is 11.6 Å². The molecule has 0 heterocycles. The number of rotatable bonds is 13. The van der Waals surface area contributed by atoms with Crippen molar-refractivity contribution >= 4 is 41.3 Å². The second-order valence-electron chi connectivity index (χ2n) is 15.0. The van der Waals surface area contributed by atoms with E-state index in [0.29, 0.717) is 23.7 Å². The van der Waals surface area contributed by atoms with Crippen molar-refractivity contribution in [2.24, 2.45) is 0 Å². The van der Waals surface area contributed by atoms with Crippen LogP contribution in [-0.2, 0) is 10.2 Å². The molecule has 0 saturated heterocycles. The number of phenolic OH excluding ortho intramolecular Hbond substituents is 1. The number of aromatic hydroxyl groups is 1. The molecule has 7 nitrogen and oxygen atoms in total. The number of aryl methyl sites for hydroxylation is 2. The molecule has 0 unspecified atom stereocenters. The number of hydrogen-bond donors (Lipinski definition) is 1. The van der Waals surface area contributed by atoms with Gasteiger partial charge in [-0.25, -0.2) is 4.79 Å². The molecule has 0 radical (unpaired) electrons. The maximum Gasteiger partial charge on any atom is 0.519 e. The van der Waals surface area contributed by atoms with E-state index in [4.69, 9.17) is 14.2 Å². The number of carbonyl (C=O) groups is 2. The van der Waals surface area contributed by atoms with Gasteiger partial charge in [0.25, 0.3) is 6.47 Å². The summed E-state index contributed by atoms with van der Waals surface area (Å²) in [6.07, 6.45) is 5.22. The fourth-order valence-corrected chi connectivity index (χ4v) is 6.85. The predicted octanol–water partition coefficient (Wildman–Crippen LogP) is 13.1. The Labute approximate surface area is 351 Å². The third-order valence-electron chi connectivity index (χ3n) is 10.4. The average Bonchev–Trinajstić information content (AvgIpc) is 3.26. The number of benzene rings is 7. The zero-order valence-corrected chi connectivity index (χ0v) is 33.9. The minimum atomic E-state index is -0.857. The molecule has 7 rings (SSSR count). The van der Waals surface area contributed by atoms with Gasteiger partial charge in [0.05, 0.1) is 0 Å². The number of carbonyl (C=O) groups excluding carboxylic acids is 2. The summed E-state index contributed by atoms with van der Waals surface area (Å²) in [5, 5.41) is 10.0. The van der Waals surface area contributed by atoms with Crippen LogP contribution < -0.4 is 19.1 Å². The fraction of sp³-hybridized carbons (Fsp3) is 0.0943. The summed E-state index contributed by atoms with van der Waals surface area (Å²) in [6.45, 7) is 8.76. The Morgan fingerprint density at radius 3 is 1.43 bits per heavy atom. The standard InChI is InChI=1S/C53H45NO6/c1-37-8-22-44(23-9-37)54(45-24-10-38(2)11-25-45)46-26-12-39(13-27-46)6-5-7-51(40-14-28-47(56)29-15-40)41-16-30-49(31-17-41)59-52(57)60-50-34-20-43(21-35-50)53(3,4)42-18-32-48(33-19-42)58-36-55/h5-36,56H,1-4H3. The number of nitrogens with zero attached hydrogens (tertiary/aromatic N) is 1. The molecule has 0 atom stereocenters. The van der Waals surface area contributed by atoms with Gasteiger partial charge in [0.1, 0.15) is 23.0 Å². The third-order valence-corrected chi connectivity index (χ3v) is 10.4. The second-order valence-corrected chi connectivity index (χ2v) is 15.0. The van der Waals surface area contributed by atoms with Crippen LogP contribution in [0.1, 0.15) is 52.8 Å². The molecule has 0 fully saturated rings. The minimum Gasteiger partial charge on any atom is -0.508 e. The van der Waals surface area contributed by atoms with E-state index in [1.807, 2.05) is 60.7 Å². The molecule has 7 aromatic carbocycles. The van der Waals surface area contributed by atoms with Crippen LogP contribution in [0.2, 0.25) is 0 Å². The first-order chi connectivity index (χ1) is 29.0. The molecule has 0 amide bonds. The SMILES string of the molecule is Cc1ccc(N(c2ccc(C)cc2)c2ccc(C=CC=C(c3ccc(O)cc3)c3ccc(OC(=O)Oc4ccc(C(C)(C)c5ccc(OC=O)cc5)cc4)cc3)cc2)cc1. The number of phenols is 1. The zero-order valence-electron chi connectivity index (χ0n) is 33.9. The van der Waals surface area contributed by atoms with Crippen molar-refractivity contribution in [1.29, 1.82) is 0 Å². The Morgan fingerprint density at radius 2 is 0.967 bits per heavy atom. The first-order valence-electron chi connectivity index (χ1n) is 19.6. The monoisotopic (exact) mass is 791 g/mol. The van der Waals surface area contributed by atoms with E-state index in [1.54, 1.807) is 48.5 Å². The van der Waals surface area contributed by atoms with Gasteiger partial charge >= 0.3 is 6.16 Å². The van der Waals surface area contributed by atoms with Crippen LogP contribution in [0.4, 0.5) is 21.9 Å². The predicted molar refractivity (Wildman–Crippen MR) is 240 cm³/mol. The molecule has 0 spiro atoms. The van der Waals surface area contributed by atoms with E-state index in [2.05, 4.69) is 111 Å². The van der Waals surface area contributed by atoms with E-state index >= 15 is 0 Å². The van der Waals surface area contributed by atoms with Gasteiger partial charge < -0.3 is 24.2 Å². The van der Waals surface area contributed by atoms with Crippen molar-refractivity contribution in [3.05, 3.63) is 221 Å². The zero-order chi connectivity index (χ0) is 42.1. The largest absolute Gasteiger partial charge is 0.519 e. The number of hydrogen-bond acceptors (Lipinski definition) is 7. The van der Waals surface area contributed by atoms with Gasteiger partial charge in [-0.05, 0) is 132 Å². The molecule has 298 valence electrons. The van der Waals surface area contributed by atoms with E-state index in [0.717, 1.165) is 50.5 Å². The van der Waals surface area contributed by atoms with Gasteiger partial charge in [0, 0.05) is 22.5 Å². The molecule has 0 saturated carbocycles. The van der Waals surface area contributed by atoms with E-state index in [9.17, 15) is 14.7 Å². The lowest BCUT2D eigenvalue weighted by atomic mass is 9.78. The van der Waals surface area contributed by atoms with Crippen molar-refractivity contribution in [3.63, 3.8) is 0 Å². The molecule has 0 bridgehead atoms. The molecule has 7 aromatic rings. The van der Waals surface area contributed by atoms with E-state index in [1.165, 1.54) is 11.1 Å². The van der Waals surface area contributed by atoms with Crippen molar-refractivity contribution in [3.8, 4) is 23.0 Å². The number of allylic oxidation sites excluding steroid dienone is 2. The van der Waals surface area contributed by atoms with Gasteiger partial charge in [-0.2, -0.15) is 0 Å². The summed E-state index contributed by atoms with van der Waals surface area (Å²) in [4.78, 5) is 25.7. The summed E-state index contributed by atoms with van der Waals surface area (Å²) >= 11 is 0. The van der Waals surface area contributed by atoms with Crippen LogP contribution in [0, 0.1) is 13.8 Å². The van der Waals surface area contributed by atoms with Gasteiger partial charge in [0.15, 0.2) is 0 Å². The Balaban J connectivity index is 1.04. The number of anilines is 3. The molecular formula is C53H45NO6. The maximum atomic E-state index is 12.8. The molecule has 7 heteroatoms. The van der Waals surface area contributed by atoms with Gasteiger partial charge in [-0.3, -0.25) is 4.79 Å². The number of ether oxygens (including phenoxy) is 3. The third kappa shape index (κ3) is 9.89. The van der Waals surface area contributed by atoms with Crippen molar-refractivity contribution in [2.75, 3.05) is 4.90 Å². The molecule has 0 aliphatic heterocycles. The maximum absolute atomic E-state index is 12.8. The summed E-state index contributed by atoms with van der Waals surface area (Å²) < 4.78 is 16.0. The van der Waals surface area contributed by atoms with Crippen LogP contribution >= 0.6 is 0 Å². The van der Waals surface area contributed by atoms with Crippen LogP contribution in [0.3, 0.4) is 0 Å². The molecule has 0 aromatic heterocycles. The first-order valence-corrected chi connectivity index (χ1v) is 19.6. The normalized spacial score (nSPS) is 11.6. The smallest absolute Gasteiger partial charge is 0.508 e. The quantitative estimate of drug-likeness (QED) is 0.0539. The lowest BCUT2D eigenvalue weighted by Crippen LogP contribution is -2.19. The topological polar surface area (TPSA) is 85.3 Å². The van der Waals surface area contributed by atoms with E-state index < -0.39 is 6.16 Å². The lowest BCUT2D eigenvalue weighted by molar-refractivity contribution is -0.120. The highest BCUT2D eigenvalue weighted by Gasteiger charge is 2.23. The van der Waals surface area contributed by atoms with Gasteiger partial charge in [0.2, 0.25) is 0 Å². The highest BCUT2D eigenvalue weighted by Crippen LogP contribution is 2.36. The van der Waals surface area contributed by atoms with Crippen molar-refractivity contribution in [2.45, 2.75) is 33.1 Å². The summed E-state index contributed by atoms with van der Waals surface area (Å²) in [5.41, 5.74) is 11.1. The highest BCUT2D eigenvalue weighted by atomic mass is 16.7. The molecular weight excluding hydrogens is 747 g/mol. The van der Waals surface area contributed by atoms with E-state index in [-0.39, 0.29) is 11.2 Å². The summed E-state index contributed by atoms with van der Waals surface area (Å²) in [5.74, 6) is 1.33. The summed E-state index contributed by atoms with van der Waals surface area (Å²) in [6, 6.07) is 54.4. The van der Waals surface area contributed by atoms with Gasteiger partial charge in [-0.1, -0.05) is 128 Å². The molecule has 0 aliphatic rings. The Bertz CT molecular complexity index is 2550. The Hall–Kier alpha value is -7.64. The van der Waals surface area contributed by atoms with Crippen LogP contribution in [0.15, 0.2) is 182 Å². The fourth-order valence-electron chi connectivity index (χ4n) is 6.85. The molecule has 60 heavy (non-hydrogen) atoms. The lowest BCUT2D eigenvalue weighted by Gasteiger charge is -2.26. The highest BCUT2D eigenvalue weighted by molar-refractivity contribution is 5.82. The second kappa shape index (κ2) is 18.3. The average molecular weight is 792 g/mol. The van der Waals surface area contributed by atoms with Crippen molar-refractivity contribution in [1.82, 2.24) is 0 Å². The molecule has 1 N–H and O–H groups in total. The van der Waals surface area contributed by atoms with Gasteiger partial charge in [-0.15, -0.1) is 0 Å². The summed E-state index contributed by atoms with van der Waals surface area (Å²) in [7, 11) is 0. The Morgan fingerprint density at radius 1 is 0.550 bits per heavy atom.